The normalized spacial score (nSPS) is 14.2. The van der Waals surface area contributed by atoms with Gasteiger partial charge in [-0.3, -0.25) is 9.48 Å². The third kappa shape index (κ3) is 4.26. The zero-order valence-corrected chi connectivity index (χ0v) is 13.7. The number of carbonyl (C=O) groups excluding carboxylic acids is 1. The minimum Gasteiger partial charge on any atom is -0.486 e. The molecule has 0 spiro atoms. The van der Waals surface area contributed by atoms with Crippen molar-refractivity contribution >= 4 is 5.91 Å². The number of rotatable bonds is 7. The second-order valence-electron chi connectivity index (χ2n) is 5.64. The molecule has 24 heavy (non-hydrogen) atoms. The molecule has 0 aliphatic carbocycles. The van der Waals surface area contributed by atoms with E-state index in [1.54, 1.807) is 6.20 Å². The number of ether oxygens (including phenoxy) is 2. The van der Waals surface area contributed by atoms with E-state index in [-0.39, 0.29) is 18.5 Å². The molecule has 3 rings (SSSR count). The van der Waals surface area contributed by atoms with Gasteiger partial charge in [0.2, 0.25) is 5.91 Å². The topological polar surface area (TPSA) is 77.4 Å². The Morgan fingerprint density at radius 2 is 2.17 bits per heavy atom. The lowest BCUT2D eigenvalue weighted by Crippen LogP contribution is -2.36. The fourth-order valence-corrected chi connectivity index (χ4v) is 2.53. The molecule has 7 heteroatoms. The summed E-state index contributed by atoms with van der Waals surface area (Å²) in [5.41, 5.74) is 0.990. The van der Waals surface area contributed by atoms with Crippen molar-refractivity contribution in [2.75, 3.05) is 26.3 Å². The predicted octanol–water partition coefficient (Wildman–Crippen LogP) is 1.12. The summed E-state index contributed by atoms with van der Waals surface area (Å²) in [6, 6.07) is 7.53. The first-order chi connectivity index (χ1) is 11.7. The molecule has 2 N–H and O–H groups in total. The van der Waals surface area contributed by atoms with Gasteiger partial charge in [0.1, 0.15) is 13.2 Å². The van der Waals surface area contributed by atoms with Crippen LogP contribution in [0.1, 0.15) is 18.5 Å². The third-order valence-electron chi connectivity index (χ3n) is 3.81. The van der Waals surface area contributed by atoms with Crippen molar-refractivity contribution in [1.82, 2.24) is 20.4 Å². The number of nitrogens with zero attached hydrogens (tertiary/aromatic N) is 2. The highest BCUT2D eigenvalue weighted by Crippen LogP contribution is 2.32. The molecule has 0 radical (unpaired) electrons. The Balaban J connectivity index is 1.43. The summed E-state index contributed by atoms with van der Waals surface area (Å²) in [5.74, 6) is 1.44. The van der Waals surface area contributed by atoms with Crippen LogP contribution in [0.4, 0.5) is 0 Å². The lowest BCUT2D eigenvalue weighted by Gasteiger charge is -2.21. The SMILES string of the molecule is C[C@@H](NC(=O)CNCCn1cccn1)c1ccc2c(c1)OCCO2. The van der Waals surface area contributed by atoms with E-state index in [0.717, 1.165) is 23.6 Å². The van der Waals surface area contributed by atoms with Gasteiger partial charge in [0.25, 0.3) is 0 Å². The number of amides is 1. The summed E-state index contributed by atoms with van der Waals surface area (Å²) in [6.07, 6.45) is 3.63. The van der Waals surface area contributed by atoms with E-state index < -0.39 is 0 Å². The van der Waals surface area contributed by atoms with Crippen LogP contribution in [0.5, 0.6) is 11.5 Å². The molecular weight excluding hydrogens is 308 g/mol. The lowest BCUT2D eigenvalue weighted by atomic mass is 10.1. The third-order valence-corrected chi connectivity index (χ3v) is 3.81. The molecule has 0 unspecified atom stereocenters. The maximum Gasteiger partial charge on any atom is 0.234 e. The first kappa shape index (κ1) is 16.3. The molecule has 1 aromatic heterocycles. The van der Waals surface area contributed by atoms with Crippen LogP contribution in [0.15, 0.2) is 36.7 Å². The first-order valence-electron chi connectivity index (χ1n) is 8.09. The maximum atomic E-state index is 12.0. The molecule has 2 aromatic rings. The number of benzene rings is 1. The number of hydrogen-bond donors (Lipinski definition) is 2. The Hall–Kier alpha value is -2.54. The molecular formula is C17H22N4O3. The highest BCUT2D eigenvalue weighted by Gasteiger charge is 2.15. The summed E-state index contributed by atoms with van der Waals surface area (Å²) in [6.45, 7) is 4.77. The summed E-state index contributed by atoms with van der Waals surface area (Å²) in [5, 5.41) is 10.2. The summed E-state index contributed by atoms with van der Waals surface area (Å²) in [4.78, 5) is 12.0. The van der Waals surface area contributed by atoms with E-state index in [1.807, 2.05) is 42.1 Å². The van der Waals surface area contributed by atoms with Crippen LogP contribution in [0.25, 0.3) is 0 Å². The molecule has 0 saturated heterocycles. The van der Waals surface area contributed by atoms with Gasteiger partial charge in [-0.1, -0.05) is 6.07 Å². The average molecular weight is 330 g/mol. The monoisotopic (exact) mass is 330 g/mol. The molecule has 1 amide bonds. The Kier molecular flexibility index (Phi) is 5.32. The lowest BCUT2D eigenvalue weighted by molar-refractivity contribution is -0.120. The van der Waals surface area contributed by atoms with E-state index in [2.05, 4.69) is 15.7 Å². The van der Waals surface area contributed by atoms with E-state index >= 15 is 0 Å². The number of carbonyl (C=O) groups is 1. The highest BCUT2D eigenvalue weighted by atomic mass is 16.6. The molecule has 2 heterocycles. The molecule has 1 aromatic carbocycles. The molecule has 0 saturated carbocycles. The van der Waals surface area contributed by atoms with Gasteiger partial charge < -0.3 is 20.1 Å². The van der Waals surface area contributed by atoms with Crippen molar-refractivity contribution in [2.45, 2.75) is 19.5 Å². The summed E-state index contributed by atoms with van der Waals surface area (Å²) < 4.78 is 12.9. The van der Waals surface area contributed by atoms with E-state index in [1.165, 1.54) is 0 Å². The van der Waals surface area contributed by atoms with Gasteiger partial charge in [-0.15, -0.1) is 0 Å². The van der Waals surface area contributed by atoms with Gasteiger partial charge in [-0.2, -0.15) is 5.10 Å². The molecule has 7 nitrogen and oxygen atoms in total. The molecule has 1 aliphatic heterocycles. The second-order valence-corrected chi connectivity index (χ2v) is 5.64. The molecule has 128 valence electrons. The Bertz CT molecular complexity index is 672. The van der Waals surface area contributed by atoms with Gasteiger partial charge in [-0.05, 0) is 30.7 Å². The van der Waals surface area contributed by atoms with E-state index in [4.69, 9.17) is 9.47 Å². The van der Waals surface area contributed by atoms with Gasteiger partial charge >= 0.3 is 0 Å². The number of fused-ring (bicyclic) bond motifs is 1. The Labute approximate surface area is 140 Å². The van der Waals surface area contributed by atoms with Crippen LogP contribution in [0, 0.1) is 0 Å². The Morgan fingerprint density at radius 3 is 2.96 bits per heavy atom. The van der Waals surface area contributed by atoms with Gasteiger partial charge in [0.15, 0.2) is 11.5 Å². The van der Waals surface area contributed by atoms with Crippen LogP contribution >= 0.6 is 0 Å². The molecule has 0 bridgehead atoms. The van der Waals surface area contributed by atoms with Crippen LogP contribution in [-0.4, -0.2) is 42.0 Å². The van der Waals surface area contributed by atoms with Crippen molar-refractivity contribution < 1.29 is 14.3 Å². The molecule has 1 aliphatic rings. The van der Waals surface area contributed by atoms with Crippen LogP contribution in [0.2, 0.25) is 0 Å². The van der Waals surface area contributed by atoms with Crippen molar-refractivity contribution in [3.8, 4) is 11.5 Å². The summed E-state index contributed by atoms with van der Waals surface area (Å²) >= 11 is 0. The number of aromatic nitrogens is 2. The quantitative estimate of drug-likeness (QED) is 0.744. The summed E-state index contributed by atoms with van der Waals surface area (Å²) in [7, 11) is 0. The van der Waals surface area contributed by atoms with Crippen LogP contribution < -0.4 is 20.1 Å². The average Bonchev–Trinajstić information content (AvgIpc) is 3.11. The number of nitrogens with one attached hydrogen (secondary N) is 2. The van der Waals surface area contributed by atoms with Gasteiger partial charge in [-0.25, -0.2) is 0 Å². The van der Waals surface area contributed by atoms with Crippen LogP contribution in [0.3, 0.4) is 0 Å². The largest absolute Gasteiger partial charge is 0.486 e. The van der Waals surface area contributed by atoms with Gasteiger partial charge in [0, 0.05) is 18.9 Å². The van der Waals surface area contributed by atoms with Crippen molar-refractivity contribution in [3.63, 3.8) is 0 Å². The van der Waals surface area contributed by atoms with Crippen LogP contribution in [-0.2, 0) is 11.3 Å². The zero-order valence-electron chi connectivity index (χ0n) is 13.7. The Morgan fingerprint density at radius 1 is 1.33 bits per heavy atom. The standard InChI is InChI=1S/C17H22N4O3/c1-13(14-3-4-15-16(11-14)24-10-9-23-15)20-17(22)12-18-6-8-21-7-2-5-19-21/h2-5,7,11,13,18H,6,8-10,12H2,1H3,(H,20,22)/t13-/m1/s1. The molecule has 0 fully saturated rings. The maximum absolute atomic E-state index is 12.0. The zero-order chi connectivity index (χ0) is 16.8. The van der Waals surface area contributed by atoms with Crippen molar-refractivity contribution in [1.29, 1.82) is 0 Å². The van der Waals surface area contributed by atoms with Crippen molar-refractivity contribution in [2.24, 2.45) is 0 Å². The number of hydrogen-bond acceptors (Lipinski definition) is 5. The predicted molar refractivity (Wildman–Crippen MR) is 89.1 cm³/mol. The minimum absolute atomic E-state index is 0.0437. The highest BCUT2D eigenvalue weighted by molar-refractivity contribution is 5.78. The first-order valence-corrected chi connectivity index (χ1v) is 8.09. The fourth-order valence-electron chi connectivity index (χ4n) is 2.53. The van der Waals surface area contributed by atoms with Crippen molar-refractivity contribution in [3.05, 3.63) is 42.2 Å². The van der Waals surface area contributed by atoms with Gasteiger partial charge in [0.05, 0.1) is 19.1 Å². The fraction of sp³-hybridized carbons (Fsp3) is 0.412. The smallest absolute Gasteiger partial charge is 0.234 e. The minimum atomic E-state index is -0.0961. The van der Waals surface area contributed by atoms with E-state index in [9.17, 15) is 4.79 Å². The van der Waals surface area contributed by atoms with E-state index in [0.29, 0.717) is 19.8 Å². The molecule has 1 atom stereocenters. The second kappa shape index (κ2) is 7.83.